The van der Waals surface area contributed by atoms with Gasteiger partial charge < -0.3 is 24.1 Å². The van der Waals surface area contributed by atoms with E-state index in [0.29, 0.717) is 29.1 Å². The first-order valence-corrected chi connectivity index (χ1v) is 15.6. The molecular weight excluding hydrogens is 476 g/mol. The van der Waals surface area contributed by atoms with E-state index in [9.17, 15) is 5.11 Å². The van der Waals surface area contributed by atoms with Gasteiger partial charge in [-0.3, -0.25) is 0 Å². The molecule has 216 valence electrons. The third-order valence-corrected chi connectivity index (χ3v) is 12.2. The Labute approximate surface area is 231 Å². The highest BCUT2D eigenvalue weighted by Crippen LogP contribution is 2.69. The summed E-state index contributed by atoms with van der Waals surface area (Å²) in [6, 6.07) is 0. The first-order chi connectivity index (χ1) is 17.5. The van der Waals surface area contributed by atoms with E-state index in [1.807, 2.05) is 13.8 Å². The van der Waals surface area contributed by atoms with Gasteiger partial charge in [0.1, 0.15) is 0 Å². The van der Waals surface area contributed by atoms with Gasteiger partial charge in [-0.1, -0.05) is 25.5 Å². The highest BCUT2D eigenvalue weighted by molar-refractivity contribution is 5.29. The summed E-state index contributed by atoms with van der Waals surface area (Å²) >= 11 is 0. The molecule has 2 aliphatic heterocycles. The molecule has 5 nitrogen and oxygen atoms in total. The molecule has 3 saturated carbocycles. The van der Waals surface area contributed by atoms with Crippen LogP contribution in [0.1, 0.15) is 120 Å². The number of allylic oxidation sites excluding steroid dienone is 2. The molecule has 0 amide bonds. The van der Waals surface area contributed by atoms with Crippen molar-refractivity contribution in [2.75, 3.05) is 0 Å². The van der Waals surface area contributed by atoms with E-state index in [2.05, 4.69) is 54.5 Å². The summed E-state index contributed by atoms with van der Waals surface area (Å²) in [7, 11) is 0. The molecule has 0 aromatic rings. The number of hydrogen-bond donors (Lipinski definition) is 1. The molecule has 0 spiro atoms. The fourth-order valence-corrected chi connectivity index (χ4v) is 10.6. The van der Waals surface area contributed by atoms with Crippen molar-refractivity contribution in [3.8, 4) is 0 Å². The van der Waals surface area contributed by atoms with Gasteiger partial charge in [0.15, 0.2) is 11.6 Å². The lowest BCUT2D eigenvalue weighted by Gasteiger charge is -2.59. The largest absolute Gasteiger partial charge is 0.390 e. The molecule has 6 aliphatic rings. The molecule has 0 aromatic carbocycles. The summed E-state index contributed by atoms with van der Waals surface area (Å²) in [4.78, 5) is 0. The topological polar surface area (TPSA) is 57.2 Å². The third-order valence-electron chi connectivity index (χ3n) is 12.2. The number of aliphatic hydroxyl groups is 1. The number of fused-ring (bicyclic) bond motifs is 6. The quantitative estimate of drug-likeness (QED) is 0.391. The predicted molar refractivity (Wildman–Crippen MR) is 148 cm³/mol. The molecule has 4 aliphatic carbocycles. The van der Waals surface area contributed by atoms with E-state index >= 15 is 0 Å². The van der Waals surface area contributed by atoms with Crippen LogP contribution < -0.4 is 0 Å². The normalized spacial score (nSPS) is 51.1. The standard InChI is InChI=1S/C33H54O5/c1-28(2,34)16-15-27-33(9,38-30(5,6)37-27)26-13-12-22-21-11-10-20-18-24-25(36-29(3,4)35-24)19-32(20,8)23(21)14-17-31(22,26)7/h11,20,22-27,34H,10,12-19H2,1-9H3/t20-,22+,23+,24-,25+,26+,27-,31+,32+,33-/m1/s1. The molecule has 5 heteroatoms. The van der Waals surface area contributed by atoms with E-state index < -0.39 is 17.2 Å². The maximum Gasteiger partial charge on any atom is 0.164 e. The summed E-state index contributed by atoms with van der Waals surface area (Å²) in [5.74, 6) is 1.37. The van der Waals surface area contributed by atoms with Gasteiger partial charge >= 0.3 is 0 Å². The Bertz CT molecular complexity index is 978. The predicted octanol–water partition coefficient (Wildman–Crippen LogP) is 7.16. The molecular formula is C33H54O5. The Morgan fingerprint density at radius 3 is 2.26 bits per heavy atom. The van der Waals surface area contributed by atoms with Crippen LogP contribution in [0.3, 0.4) is 0 Å². The fraction of sp³-hybridized carbons (Fsp3) is 0.939. The molecule has 0 unspecified atom stereocenters. The average Bonchev–Trinajstić information content (AvgIpc) is 3.36. The lowest BCUT2D eigenvalue weighted by molar-refractivity contribution is -0.180. The third kappa shape index (κ3) is 4.28. The van der Waals surface area contributed by atoms with Crippen molar-refractivity contribution >= 4 is 0 Å². The smallest absolute Gasteiger partial charge is 0.164 e. The van der Waals surface area contributed by atoms with Crippen LogP contribution in [0.4, 0.5) is 0 Å². The average molecular weight is 531 g/mol. The van der Waals surface area contributed by atoms with Crippen LogP contribution >= 0.6 is 0 Å². The zero-order valence-corrected chi connectivity index (χ0v) is 25.6. The molecule has 38 heavy (non-hydrogen) atoms. The minimum atomic E-state index is -0.696. The Balaban J connectivity index is 1.26. The highest BCUT2D eigenvalue weighted by atomic mass is 16.8. The maximum absolute atomic E-state index is 10.5. The lowest BCUT2D eigenvalue weighted by atomic mass is 9.47. The van der Waals surface area contributed by atoms with Gasteiger partial charge in [-0.05, 0) is 141 Å². The SMILES string of the molecule is CC(C)(O)CC[C@H]1OC(C)(C)O[C@]1(C)[C@H]1CC[C@H]2C3=CC[C@@H]4C[C@H]5OC(C)(C)O[C@H]5C[C@]4(C)[C@H]3CC[C@@]21C. The second kappa shape index (κ2) is 8.53. The lowest BCUT2D eigenvalue weighted by Crippen LogP contribution is -2.55. The van der Waals surface area contributed by atoms with Crippen molar-refractivity contribution in [1.29, 1.82) is 0 Å². The Hall–Kier alpha value is -0.460. The van der Waals surface area contributed by atoms with Crippen molar-refractivity contribution < 1.29 is 24.1 Å². The van der Waals surface area contributed by atoms with Crippen molar-refractivity contribution in [2.45, 2.75) is 161 Å². The maximum atomic E-state index is 10.5. The molecule has 6 rings (SSSR count). The van der Waals surface area contributed by atoms with E-state index in [1.165, 1.54) is 32.1 Å². The van der Waals surface area contributed by atoms with Gasteiger partial charge in [0.05, 0.1) is 29.5 Å². The van der Waals surface area contributed by atoms with Crippen molar-refractivity contribution in [3.63, 3.8) is 0 Å². The summed E-state index contributed by atoms with van der Waals surface area (Å²) < 4.78 is 26.2. The zero-order chi connectivity index (χ0) is 27.5. The van der Waals surface area contributed by atoms with Gasteiger partial charge in [-0.2, -0.15) is 0 Å². The van der Waals surface area contributed by atoms with Gasteiger partial charge in [0, 0.05) is 0 Å². The molecule has 2 heterocycles. The van der Waals surface area contributed by atoms with Crippen LogP contribution in [0.25, 0.3) is 0 Å². The van der Waals surface area contributed by atoms with Crippen LogP contribution in [0.5, 0.6) is 0 Å². The summed E-state index contributed by atoms with van der Waals surface area (Å²) in [6.45, 7) is 19.6. The Kier molecular flexibility index (Phi) is 6.22. The van der Waals surface area contributed by atoms with Crippen LogP contribution in [-0.4, -0.2) is 46.2 Å². The van der Waals surface area contributed by atoms with Crippen LogP contribution in [0, 0.1) is 34.5 Å². The molecule has 1 N–H and O–H groups in total. The molecule has 10 atom stereocenters. The first-order valence-electron chi connectivity index (χ1n) is 15.6. The van der Waals surface area contributed by atoms with E-state index in [-0.39, 0.29) is 29.3 Å². The second-order valence-electron chi connectivity index (χ2n) is 16.2. The molecule has 0 bridgehead atoms. The molecule has 0 radical (unpaired) electrons. The molecule has 2 saturated heterocycles. The summed E-state index contributed by atoms with van der Waals surface area (Å²) in [5.41, 5.74) is 1.22. The van der Waals surface area contributed by atoms with E-state index in [1.54, 1.807) is 5.57 Å². The van der Waals surface area contributed by atoms with Gasteiger partial charge in [0.25, 0.3) is 0 Å². The van der Waals surface area contributed by atoms with Crippen molar-refractivity contribution in [1.82, 2.24) is 0 Å². The number of rotatable bonds is 4. The van der Waals surface area contributed by atoms with Gasteiger partial charge in [-0.25, -0.2) is 0 Å². The van der Waals surface area contributed by atoms with E-state index in [4.69, 9.17) is 18.9 Å². The van der Waals surface area contributed by atoms with Crippen LogP contribution in [0.2, 0.25) is 0 Å². The minimum Gasteiger partial charge on any atom is -0.390 e. The monoisotopic (exact) mass is 530 g/mol. The first kappa shape index (κ1) is 27.7. The van der Waals surface area contributed by atoms with Crippen molar-refractivity contribution in [3.05, 3.63) is 11.6 Å². The Morgan fingerprint density at radius 2 is 1.55 bits per heavy atom. The minimum absolute atomic E-state index is 0.00241. The van der Waals surface area contributed by atoms with Crippen LogP contribution in [0.15, 0.2) is 11.6 Å². The molecule has 0 aromatic heterocycles. The fourth-order valence-electron chi connectivity index (χ4n) is 10.6. The van der Waals surface area contributed by atoms with Gasteiger partial charge in [0.2, 0.25) is 0 Å². The van der Waals surface area contributed by atoms with Gasteiger partial charge in [-0.15, -0.1) is 0 Å². The highest BCUT2D eigenvalue weighted by Gasteiger charge is 2.66. The summed E-state index contributed by atoms with van der Waals surface area (Å²) in [6.07, 6.45) is 13.1. The number of ether oxygens (including phenoxy) is 4. The molecule has 5 fully saturated rings. The zero-order valence-electron chi connectivity index (χ0n) is 25.6. The number of hydrogen-bond acceptors (Lipinski definition) is 5. The summed E-state index contributed by atoms with van der Waals surface area (Å²) in [5, 5.41) is 10.5. The second-order valence-corrected chi connectivity index (χ2v) is 16.2. The Morgan fingerprint density at radius 1 is 0.868 bits per heavy atom. The van der Waals surface area contributed by atoms with Crippen LogP contribution in [-0.2, 0) is 18.9 Å². The van der Waals surface area contributed by atoms with Crippen molar-refractivity contribution in [2.24, 2.45) is 34.5 Å². The van der Waals surface area contributed by atoms with E-state index in [0.717, 1.165) is 25.7 Å².